The maximum absolute atomic E-state index is 11.0. The molecule has 1 heterocycles. The lowest BCUT2D eigenvalue weighted by molar-refractivity contribution is -0.384. The van der Waals surface area contributed by atoms with Crippen molar-refractivity contribution in [3.8, 4) is 0 Å². The van der Waals surface area contributed by atoms with Gasteiger partial charge in [0.05, 0.1) is 11.5 Å². The van der Waals surface area contributed by atoms with Crippen LogP contribution in [0.4, 0.5) is 11.4 Å². The van der Waals surface area contributed by atoms with Gasteiger partial charge in [0.1, 0.15) is 12.0 Å². The van der Waals surface area contributed by atoms with Crippen LogP contribution in [0.1, 0.15) is 25.7 Å². The molecular weight excluding hydrogens is 326 g/mol. The molecule has 1 aromatic heterocycles. The van der Waals surface area contributed by atoms with Gasteiger partial charge in [-0.2, -0.15) is 0 Å². The highest BCUT2D eigenvalue weighted by molar-refractivity contribution is 9.10. The number of rotatable bonds is 5. The molecule has 2 aromatic rings. The molecule has 0 radical (unpaired) electrons. The average Bonchev–Trinajstić information content (AvgIpc) is 2.85. The number of aromatic nitrogens is 3. The molecule has 20 heavy (non-hydrogen) atoms. The van der Waals surface area contributed by atoms with Gasteiger partial charge in [0, 0.05) is 16.6 Å². The lowest BCUT2D eigenvalue weighted by atomic mass is 10.2. The molecule has 0 spiro atoms. The van der Waals surface area contributed by atoms with E-state index in [1.807, 2.05) is 18.4 Å². The molecule has 0 bridgehead atoms. The van der Waals surface area contributed by atoms with Crippen LogP contribution in [0, 0.1) is 10.1 Å². The van der Waals surface area contributed by atoms with E-state index in [1.165, 1.54) is 6.07 Å². The van der Waals surface area contributed by atoms with Gasteiger partial charge in [-0.05, 0) is 26.0 Å². The van der Waals surface area contributed by atoms with Crippen molar-refractivity contribution in [2.45, 2.75) is 26.4 Å². The van der Waals surface area contributed by atoms with Crippen molar-refractivity contribution in [1.29, 1.82) is 0 Å². The molecule has 0 saturated carbocycles. The summed E-state index contributed by atoms with van der Waals surface area (Å²) >= 11 is 3.23. The van der Waals surface area contributed by atoms with Crippen molar-refractivity contribution < 1.29 is 4.92 Å². The number of nitro benzene ring substituents is 1. The molecule has 106 valence electrons. The third-order valence-electron chi connectivity index (χ3n) is 2.80. The highest BCUT2D eigenvalue weighted by Gasteiger charge is 2.15. The summed E-state index contributed by atoms with van der Waals surface area (Å²) in [5.41, 5.74) is 0.478. The molecule has 0 aliphatic heterocycles. The Bertz CT molecular complexity index is 626. The predicted molar refractivity (Wildman–Crippen MR) is 78.5 cm³/mol. The lowest BCUT2D eigenvalue weighted by Gasteiger charge is -2.11. The predicted octanol–water partition coefficient (Wildman–Crippen LogP) is 3.14. The Morgan fingerprint density at radius 1 is 1.50 bits per heavy atom. The molecular formula is C12H14BrN5O2. The second-order valence-electron chi connectivity index (χ2n) is 4.52. The van der Waals surface area contributed by atoms with Crippen molar-refractivity contribution in [3.05, 3.63) is 44.9 Å². The van der Waals surface area contributed by atoms with Gasteiger partial charge in [-0.15, -0.1) is 10.2 Å². The van der Waals surface area contributed by atoms with Crippen molar-refractivity contribution in [1.82, 2.24) is 14.8 Å². The van der Waals surface area contributed by atoms with Crippen LogP contribution in [0.2, 0.25) is 0 Å². The van der Waals surface area contributed by atoms with Crippen molar-refractivity contribution in [2.75, 3.05) is 5.32 Å². The quantitative estimate of drug-likeness (QED) is 0.667. The Hall–Kier alpha value is -1.96. The molecule has 0 amide bonds. The third kappa shape index (κ3) is 3.13. The Balaban J connectivity index is 2.19. The zero-order chi connectivity index (χ0) is 14.7. The minimum Gasteiger partial charge on any atom is -0.372 e. The number of hydrogen-bond donors (Lipinski definition) is 1. The van der Waals surface area contributed by atoms with E-state index in [2.05, 4.69) is 31.4 Å². The summed E-state index contributed by atoms with van der Waals surface area (Å²) in [6.45, 7) is 4.42. The first-order valence-corrected chi connectivity index (χ1v) is 6.84. The second kappa shape index (κ2) is 6.00. The van der Waals surface area contributed by atoms with Gasteiger partial charge >= 0.3 is 0 Å². The van der Waals surface area contributed by atoms with Crippen molar-refractivity contribution in [3.63, 3.8) is 0 Å². The number of anilines is 1. The number of nitrogens with one attached hydrogen (secondary N) is 1. The molecule has 0 fully saturated rings. The van der Waals surface area contributed by atoms with Crippen LogP contribution in [0.15, 0.2) is 29.0 Å². The van der Waals surface area contributed by atoms with Gasteiger partial charge in [0.15, 0.2) is 5.82 Å². The molecule has 8 heteroatoms. The Kier molecular flexibility index (Phi) is 4.33. The van der Waals surface area contributed by atoms with E-state index in [1.54, 1.807) is 18.5 Å². The maximum Gasteiger partial charge on any atom is 0.293 e. The van der Waals surface area contributed by atoms with E-state index >= 15 is 0 Å². The van der Waals surface area contributed by atoms with Crippen molar-refractivity contribution in [2.24, 2.45) is 0 Å². The van der Waals surface area contributed by atoms with Gasteiger partial charge in [-0.25, -0.2) is 0 Å². The highest BCUT2D eigenvalue weighted by Crippen LogP contribution is 2.28. The Morgan fingerprint density at radius 3 is 2.90 bits per heavy atom. The number of benzene rings is 1. The van der Waals surface area contributed by atoms with Crippen LogP contribution in [0.5, 0.6) is 0 Å². The SMILES string of the molecule is CC(C)n1cnnc1CNc1ccc(Br)cc1[N+](=O)[O-]. The fraction of sp³-hybridized carbons (Fsp3) is 0.333. The van der Waals surface area contributed by atoms with E-state index < -0.39 is 4.92 Å². The van der Waals surface area contributed by atoms with Crippen LogP contribution in [0.3, 0.4) is 0 Å². The number of nitrogens with zero attached hydrogens (tertiary/aromatic N) is 4. The number of hydrogen-bond acceptors (Lipinski definition) is 5. The van der Waals surface area contributed by atoms with Crippen LogP contribution < -0.4 is 5.32 Å². The highest BCUT2D eigenvalue weighted by atomic mass is 79.9. The molecule has 0 unspecified atom stereocenters. The normalized spacial score (nSPS) is 10.8. The molecule has 0 saturated heterocycles. The summed E-state index contributed by atoms with van der Waals surface area (Å²) in [4.78, 5) is 10.6. The second-order valence-corrected chi connectivity index (χ2v) is 5.44. The van der Waals surface area contributed by atoms with Gasteiger partial charge < -0.3 is 9.88 Å². The van der Waals surface area contributed by atoms with Crippen LogP contribution in [0.25, 0.3) is 0 Å². The molecule has 1 N–H and O–H groups in total. The first kappa shape index (κ1) is 14.4. The Labute approximate surface area is 124 Å². The van der Waals surface area contributed by atoms with E-state index in [0.29, 0.717) is 16.7 Å². The maximum atomic E-state index is 11.0. The van der Waals surface area contributed by atoms with E-state index in [-0.39, 0.29) is 11.7 Å². The van der Waals surface area contributed by atoms with Crippen LogP contribution >= 0.6 is 15.9 Å². The van der Waals surface area contributed by atoms with Gasteiger partial charge in [-0.3, -0.25) is 10.1 Å². The van der Waals surface area contributed by atoms with E-state index in [0.717, 1.165) is 5.82 Å². The molecule has 2 rings (SSSR count). The molecule has 0 aliphatic carbocycles. The molecule has 7 nitrogen and oxygen atoms in total. The monoisotopic (exact) mass is 339 g/mol. The van der Waals surface area contributed by atoms with Gasteiger partial charge in [0.25, 0.3) is 5.69 Å². The third-order valence-corrected chi connectivity index (χ3v) is 3.29. The van der Waals surface area contributed by atoms with Crippen LogP contribution in [-0.4, -0.2) is 19.7 Å². The number of halogens is 1. The largest absolute Gasteiger partial charge is 0.372 e. The fourth-order valence-corrected chi connectivity index (χ4v) is 2.15. The van der Waals surface area contributed by atoms with Crippen LogP contribution in [-0.2, 0) is 6.54 Å². The summed E-state index contributed by atoms with van der Waals surface area (Å²) in [7, 11) is 0. The van der Waals surface area contributed by atoms with E-state index in [4.69, 9.17) is 0 Å². The average molecular weight is 340 g/mol. The van der Waals surface area contributed by atoms with Gasteiger partial charge in [0.2, 0.25) is 0 Å². The molecule has 1 aromatic carbocycles. The molecule has 0 aliphatic rings. The summed E-state index contributed by atoms with van der Waals surface area (Å²) in [5, 5.41) is 21.9. The summed E-state index contributed by atoms with van der Waals surface area (Å²) in [5.74, 6) is 0.734. The first-order chi connectivity index (χ1) is 9.49. The first-order valence-electron chi connectivity index (χ1n) is 6.05. The van der Waals surface area contributed by atoms with E-state index in [9.17, 15) is 10.1 Å². The Morgan fingerprint density at radius 2 is 2.25 bits per heavy atom. The number of nitro groups is 1. The summed E-state index contributed by atoms with van der Waals surface area (Å²) < 4.78 is 2.58. The van der Waals surface area contributed by atoms with Gasteiger partial charge in [-0.1, -0.05) is 15.9 Å². The standard InChI is InChI=1S/C12H14BrN5O2/c1-8(2)17-7-15-16-12(17)6-14-10-4-3-9(13)5-11(10)18(19)20/h3-5,7-8,14H,6H2,1-2H3. The minimum atomic E-state index is -0.416. The summed E-state index contributed by atoms with van der Waals surface area (Å²) in [6, 6.07) is 5.12. The lowest BCUT2D eigenvalue weighted by Crippen LogP contribution is -2.10. The molecule has 0 atom stereocenters. The van der Waals surface area contributed by atoms with Crippen molar-refractivity contribution >= 4 is 27.3 Å². The minimum absolute atomic E-state index is 0.0231. The smallest absolute Gasteiger partial charge is 0.293 e. The topological polar surface area (TPSA) is 85.9 Å². The zero-order valence-corrected chi connectivity index (χ0v) is 12.7. The summed E-state index contributed by atoms with van der Waals surface area (Å²) in [6.07, 6.45) is 1.65. The fourth-order valence-electron chi connectivity index (χ4n) is 1.80. The zero-order valence-electron chi connectivity index (χ0n) is 11.1.